The van der Waals surface area contributed by atoms with E-state index in [1.165, 1.54) is 5.56 Å². The van der Waals surface area contributed by atoms with E-state index >= 15 is 0 Å². The molecular weight excluding hydrogens is 488 g/mol. The summed E-state index contributed by atoms with van der Waals surface area (Å²) in [5.74, 6) is 0.373. The molecule has 1 aliphatic heterocycles. The third kappa shape index (κ3) is 7.67. The predicted octanol–water partition coefficient (Wildman–Crippen LogP) is 6.15. The number of hydrogen-bond donors (Lipinski definition) is 2. The fourth-order valence-electron chi connectivity index (χ4n) is 5.64. The lowest BCUT2D eigenvalue weighted by atomic mass is 9.79. The number of halogens is 1. The van der Waals surface area contributed by atoms with Gasteiger partial charge in [-0.2, -0.15) is 0 Å². The second-order valence-electron chi connectivity index (χ2n) is 10.2. The molecule has 1 aromatic heterocycles. The van der Waals surface area contributed by atoms with Gasteiger partial charge in [-0.25, -0.2) is 0 Å². The van der Waals surface area contributed by atoms with Gasteiger partial charge in [0.15, 0.2) is 0 Å². The van der Waals surface area contributed by atoms with Crippen LogP contribution < -0.4 is 4.74 Å². The Kier molecular flexibility index (Phi) is 9.78. The highest BCUT2D eigenvalue weighted by atomic mass is 35.5. The summed E-state index contributed by atoms with van der Waals surface area (Å²) in [6.45, 7) is 2.76. The topological polar surface area (TPSA) is 82.9 Å². The van der Waals surface area contributed by atoms with Crippen LogP contribution in [0.25, 0.3) is 10.9 Å². The zero-order chi connectivity index (χ0) is 26.2. The number of ether oxygens (including phenoxy) is 1. The minimum absolute atomic E-state index is 0.0978. The first-order valence-electron chi connectivity index (χ1n) is 13.2. The number of pyridine rings is 1. The van der Waals surface area contributed by atoms with Crippen LogP contribution in [-0.2, 0) is 11.2 Å². The van der Waals surface area contributed by atoms with E-state index in [0.717, 1.165) is 79.0 Å². The van der Waals surface area contributed by atoms with Gasteiger partial charge in [-0.15, -0.1) is 0 Å². The molecule has 3 atom stereocenters. The summed E-state index contributed by atoms with van der Waals surface area (Å²) in [4.78, 5) is 18.5. The third-order valence-corrected chi connectivity index (χ3v) is 7.88. The standard InChI is InChI=1S/C30H37ClN2O4/c1-37-25-9-10-28-27(19-25)26(12-14-32-28)29(34)11-8-22-13-16-33(20-23(22)18-30(35)36)15-3-2-5-21-6-4-7-24(31)17-21/h4,6-7,9-10,12,14,17,19,22-23,29,34H,2-3,5,8,11,13,15-16,18,20H2,1H3,(H,35,36)/t22-,23+,29-/m1/s1. The van der Waals surface area contributed by atoms with E-state index in [9.17, 15) is 15.0 Å². The predicted molar refractivity (Wildman–Crippen MR) is 147 cm³/mol. The van der Waals surface area contributed by atoms with Gasteiger partial charge in [0, 0.05) is 29.6 Å². The SMILES string of the molecule is COc1ccc2nccc([C@H](O)CC[C@@H]3CCN(CCCCc4cccc(Cl)c4)C[C@@H]3CC(=O)O)c2c1. The van der Waals surface area contributed by atoms with E-state index in [1.54, 1.807) is 13.3 Å². The highest BCUT2D eigenvalue weighted by molar-refractivity contribution is 6.30. The van der Waals surface area contributed by atoms with Crippen LogP contribution in [0.15, 0.2) is 54.7 Å². The van der Waals surface area contributed by atoms with Crippen molar-refractivity contribution >= 4 is 28.5 Å². The van der Waals surface area contributed by atoms with Crippen LogP contribution in [0.2, 0.25) is 5.02 Å². The zero-order valence-corrected chi connectivity index (χ0v) is 22.2. The monoisotopic (exact) mass is 524 g/mol. The van der Waals surface area contributed by atoms with Gasteiger partial charge in [-0.3, -0.25) is 9.78 Å². The van der Waals surface area contributed by atoms with Gasteiger partial charge >= 0.3 is 5.97 Å². The van der Waals surface area contributed by atoms with Crippen molar-refractivity contribution in [1.82, 2.24) is 9.88 Å². The van der Waals surface area contributed by atoms with E-state index in [4.69, 9.17) is 16.3 Å². The van der Waals surface area contributed by atoms with Gasteiger partial charge < -0.3 is 19.8 Å². The molecule has 37 heavy (non-hydrogen) atoms. The molecule has 0 aliphatic carbocycles. The number of methoxy groups -OCH3 is 1. The lowest BCUT2D eigenvalue weighted by Crippen LogP contribution is -2.41. The number of nitrogens with zero attached hydrogens (tertiary/aromatic N) is 2. The Morgan fingerprint density at radius 3 is 2.84 bits per heavy atom. The summed E-state index contributed by atoms with van der Waals surface area (Å²) in [5, 5.41) is 22.3. The van der Waals surface area contributed by atoms with Crippen LogP contribution in [0.1, 0.15) is 55.8 Å². The Balaban J connectivity index is 1.31. The number of carboxylic acid groups (broad SMARTS) is 1. The number of hydrogen-bond acceptors (Lipinski definition) is 5. The summed E-state index contributed by atoms with van der Waals surface area (Å²) < 4.78 is 5.36. The maximum Gasteiger partial charge on any atom is 0.303 e. The molecule has 0 bridgehead atoms. The Morgan fingerprint density at radius 2 is 2.05 bits per heavy atom. The van der Waals surface area contributed by atoms with Crippen molar-refractivity contribution in [3.63, 3.8) is 0 Å². The number of aliphatic hydroxyl groups excluding tert-OH is 1. The number of carbonyl (C=O) groups is 1. The van der Waals surface area contributed by atoms with Crippen molar-refractivity contribution in [1.29, 1.82) is 0 Å². The van der Waals surface area contributed by atoms with Crippen molar-refractivity contribution < 1.29 is 19.7 Å². The normalized spacial score (nSPS) is 19.1. The van der Waals surface area contributed by atoms with E-state index in [1.807, 2.05) is 42.5 Å². The molecule has 2 N–H and O–H groups in total. The Bertz CT molecular complexity index is 1190. The molecule has 1 aliphatic rings. The van der Waals surface area contributed by atoms with Gasteiger partial charge in [0.05, 0.1) is 18.7 Å². The molecule has 2 aromatic carbocycles. The molecule has 4 rings (SSSR count). The minimum Gasteiger partial charge on any atom is -0.497 e. The largest absolute Gasteiger partial charge is 0.497 e. The molecule has 0 amide bonds. The number of aryl methyl sites for hydroxylation is 1. The van der Waals surface area contributed by atoms with Crippen LogP contribution in [-0.4, -0.2) is 52.8 Å². The third-order valence-electron chi connectivity index (χ3n) is 7.64. The Labute approximate surface area is 224 Å². The molecule has 2 heterocycles. The molecule has 1 saturated heterocycles. The van der Waals surface area contributed by atoms with Gasteiger partial charge in [-0.05, 0) is 111 Å². The molecule has 0 unspecified atom stereocenters. The number of aromatic nitrogens is 1. The minimum atomic E-state index is -0.745. The Hall–Kier alpha value is -2.67. The maximum absolute atomic E-state index is 11.6. The number of carboxylic acids is 1. The summed E-state index contributed by atoms with van der Waals surface area (Å²) in [6, 6.07) is 15.6. The first kappa shape index (κ1) is 27.4. The summed E-state index contributed by atoms with van der Waals surface area (Å²) in [7, 11) is 1.63. The summed E-state index contributed by atoms with van der Waals surface area (Å²) >= 11 is 6.09. The van der Waals surface area contributed by atoms with Gasteiger partial charge in [0.25, 0.3) is 0 Å². The number of fused-ring (bicyclic) bond motifs is 1. The lowest BCUT2D eigenvalue weighted by Gasteiger charge is -2.38. The van der Waals surface area contributed by atoms with Gasteiger partial charge in [-0.1, -0.05) is 23.7 Å². The van der Waals surface area contributed by atoms with E-state index in [-0.39, 0.29) is 18.3 Å². The molecule has 0 radical (unpaired) electrons. The zero-order valence-electron chi connectivity index (χ0n) is 21.5. The van der Waals surface area contributed by atoms with E-state index in [2.05, 4.69) is 16.0 Å². The van der Waals surface area contributed by atoms with Crippen molar-refractivity contribution in [2.45, 2.75) is 51.0 Å². The second kappa shape index (κ2) is 13.2. The quantitative estimate of drug-likeness (QED) is 0.277. The molecule has 0 spiro atoms. The second-order valence-corrected chi connectivity index (χ2v) is 10.6. The molecule has 6 nitrogen and oxygen atoms in total. The molecular formula is C30H37ClN2O4. The average Bonchev–Trinajstić information content (AvgIpc) is 2.89. The first-order valence-corrected chi connectivity index (χ1v) is 13.6. The number of benzene rings is 2. The molecule has 198 valence electrons. The molecule has 1 fully saturated rings. The number of piperidine rings is 1. The fraction of sp³-hybridized carbons (Fsp3) is 0.467. The Morgan fingerprint density at radius 1 is 1.19 bits per heavy atom. The van der Waals surface area contributed by atoms with Crippen LogP contribution >= 0.6 is 11.6 Å². The number of aliphatic carboxylic acids is 1. The number of likely N-dealkylation sites (tertiary alicyclic amines) is 1. The molecule has 7 heteroatoms. The highest BCUT2D eigenvalue weighted by Gasteiger charge is 2.31. The summed E-state index contributed by atoms with van der Waals surface area (Å²) in [5.41, 5.74) is 2.93. The average molecular weight is 525 g/mol. The van der Waals surface area contributed by atoms with Crippen molar-refractivity contribution in [3.05, 3.63) is 70.9 Å². The van der Waals surface area contributed by atoms with Gasteiger partial charge in [0.1, 0.15) is 5.75 Å². The van der Waals surface area contributed by atoms with Crippen molar-refractivity contribution in [2.24, 2.45) is 11.8 Å². The first-order chi connectivity index (χ1) is 17.9. The fourth-order valence-corrected chi connectivity index (χ4v) is 5.86. The number of unbranched alkanes of at least 4 members (excludes halogenated alkanes) is 1. The smallest absolute Gasteiger partial charge is 0.303 e. The van der Waals surface area contributed by atoms with Crippen LogP contribution in [0.5, 0.6) is 5.75 Å². The molecule has 0 saturated carbocycles. The van der Waals surface area contributed by atoms with Crippen molar-refractivity contribution in [3.8, 4) is 5.75 Å². The lowest BCUT2D eigenvalue weighted by molar-refractivity contribution is -0.139. The summed E-state index contributed by atoms with van der Waals surface area (Å²) in [6.07, 6.45) is 6.79. The van der Waals surface area contributed by atoms with E-state index < -0.39 is 12.1 Å². The van der Waals surface area contributed by atoms with Crippen LogP contribution in [0.3, 0.4) is 0 Å². The van der Waals surface area contributed by atoms with Crippen LogP contribution in [0, 0.1) is 11.8 Å². The molecule has 3 aromatic rings. The maximum atomic E-state index is 11.6. The highest BCUT2D eigenvalue weighted by Crippen LogP contribution is 2.35. The number of rotatable bonds is 12. The van der Waals surface area contributed by atoms with Crippen molar-refractivity contribution in [2.75, 3.05) is 26.7 Å². The van der Waals surface area contributed by atoms with Crippen LogP contribution in [0.4, 0.5) is 0 Å². The van der Waals surface area contributed by atoms with E-state index in [0.29, 0.717) is 6.42 Å². The van der Waals surface area contributed by atoms with Gasteiger partial charge in [0.2, 0.25) is 0 Å². The number of aliphatic hydroxyl groups is 1.